The number of carbonyl (C=O) groups excluding carboxylic acids is 1. The minimum absolute atomic E-state index is 0.0267. The van der Waals surface area contributed by atoms with E-state index in [0.717, 1.165) is 0 Å². The summed E-state index contributed by atoms with van der Waals surface area (Å²) >= 11 is 4.69. The molecule has 40 heavy (non-hydrogen) atoms. The molecule has 0 aliphatic carbocycles. The van der Waals surface area contributed by atoms with Crippen molar-refractivity contribution in [2.45, 2.75) is 25.3 Å². The Morgan fingerprint density at radius 3 is 2.77 bits per heavy atom. The van der Waals surface area contributed by atoms with Gasteiger partial charge in [0.1, 0.15) is 11.9 Å². The number of hydrogen-bond acceptors (Lipinski definition) is 9. The molecule has 2 aliphatic heterocycles. The molecule has 1 aromatic heterocycles. The fourth-order valence-corrected chi connectivity index (χ4v) is 6.03. The van der Waals surface area contributed by atoms with Crippen LogP contribution in [0.25, 0.3) is 0 Å². The van der Waals surface area contributed by atoms with Crippen molar-refractivity contribution in [3.63, 3.8) is 0 Å². The number of halogens is 4. The lowest BCUT2D eigenvalue weighted by atomic mass is 9.91. The van der Waals surface area contributed by atoms with Crippen molar-refractivity contribution in [1.82, 2.24) is 20.1 Å². The molecule has 0 saturated carbocycles. The van der Waals surface area contributed by atoms with Crippen LogP contribution in [0.1, 0.15) is 30.0 Å². The smallest absolute Gasteiger partial charge is 0.338 e. The summed E-state index contributed by atoms with van der Waals surface area (Å²) < 4.78 is 50.2. The van der Waals surface area contributed by atoms with Crippen LogP contribution in [0.15, 0.2) is 50.5 Å². The van der Waals surface area contributed by atoms with Crippen LogP contribution in [0.4, 0.5) is 13.2 Å². The van der Waals surface area contributed by atoms with Gasteiger partial charge in [-0.2, -0.15) is 0 Å². The first-order valence-corrected chi connectivity index (χ1v) is 14.3. The number of alkyl halides is 2. The third kappa shape index (κ3) is 7.09. The lowest BCUT2D eigenvalue weighted by Crippen LogP contribution is -2.53. The zero-order chi connectivity index (χ0) is 29.0. The number of ether oxygens (including phenoxy) is 1. The number of aliphatic carboxylic acids is 1. The predicted molar refractivity (Wildman–Crippen MR) is 147 cm³/mol. The second kappa shape index (κ2) is 12.8. The molecular weight excluding hydrogens is 615 g/mol. The van der Waals surface area contributed by atoms with E-state index in [1.165, 1.54) is 41.5 Å². The maximum absolute atomic E-state index is 15.3. The number of likely N-dealkylation sites (tertiary alicyclic amines) is 1. The van der Waals surface area contributed by atoms with Gasteiger partial charge in [-0.15, -0.1) is 11.3 Å². The summed E-state index contributed by atoms with van der Waals surface area (Å²) in [5.74, 6) is -5.96. The lowest BCUT2D eigenvalue weighted by molar-refractivity contribution is -0.141. The number of nitrogens with one attached hydrogen (secondary N) is 1. The maximum atomic E-state index is 15.3. The quantitative estimate of drug-likeness (QED) is 0.375. The molecule has 14 heteroatoms. The molecule has 9 nitrogen and oxygen atoms in total. The van der Waals surface area contributed by atoms with Gasteiger partial charge in [-0.25, -0.2) is 22.9 Å². The second-order valence-electron chi connectivity index (χ2n) is 9.67. The van der Waals surface area contributed by atoms with Gasteiger partial charge in [0, 0.05) is 40.8 Å². The molecule has 0 spiro atoms. The topological polar surface area (TPSA) is 107 Å². The molecule has 216 valence electrons. The average molecular weight is 645 g/mol. The van der Waals surface area contributed by atoms with Gasteiger partial charge in [0.25, 0.3) is 5.92 Å². The summed E-state index contributed by atoms with van der Waals surface area (Å²) in [6.45, 7) is 1.07. The fourth-order valence-electron chi connectivity index (χ4n) is 4.88. The van der Waals surface area contributed by atoms with Gasteiger partial charge in [-0.05, 0) is 44.6 Å². The van der Waals surface area contributed by atoms with E-state index in [-0.39, 0.29) is 38.2 Å². The second-order valence-corrected chi connectivity index (χ2v) is 11.4. The first kappa shape index (κ1) is 30.2. The Morgan fingerprint density at radius 1 is 1.38 bits per heavy atom. The van der Waals surface area contributed by atoms with Crippen LogP contribution < -0.4 is 5.32 Å². The van der Waals surface area contributed by atoms with Crippen LogP contribution in [0.3, 0.4) is 0 Å². The summed E-state index contributed by atoms with van der Waals surface area (Å²) in [5.41, 5.74) is 0.987. The van der Waals surface area contributed by atoms with E-state index in [4.69, 9.17) is 14.8 Å². The Hall–Kier alpha value is -2.81. The number of thiazole rings is 1. The number of esters is 1. The third-order valence-electron chi connectivity index (χ3n) is 6.66. The molecule has 1 saturated heterocycles. The van der Waals surface area contributed by atoms with Crippen molar-refractivity contribution in [2.75, 3.05) is 46.4 Å². The number of nitrogens with zero attached hydrogens (tertiary/aromatic N) is 4. The normalized spacial score (nSPS) is 21.2. The Labute approximate surface area is 241 Å². The largest absolute Gasteiger partial charge is 0.480 e. The minimum atomic E-state index is -3.09. The Kier molecular flexibility index (Phi) is 9.64. The lowest BCUT2D eigenvalue weighted by Gasteiger charge is -2.40. The van der Waals surface area contributed by atoms with E-state index >= 15 is 8.78 Å². The van der Waals surface area contributed by atoms with E-state index in [1.54, 1.807) is 23.4 Å². The number of carbonyl (C=O) groups is 2. The summed E-state index contributed by atoms with van der Waals surface area (Å²) in [4.78, 5) is 36.2. The molecule has 1 aromatic carbocycles. The molecule has 1 fully saturated rings. The first-order chi connectivity index (χ1) is 19.0. The highest BCUT2D eigenvalue weighted by atomic mass is 79.9. The van der Waals surface area contributed by atoms with Gasteiger partial charge in [0.2, 0.25) is 0 Å². The van der Waals surface area contributed by atoms with Crippen molar-refractivity contribution < 1.29 is 32.6 Å². The van der Waals surface area contributed by atoms with E-state index in [2.05, 4.69) is 26.2 Å². The van der Waals surface area contributed by atoms with Crippen LogP contribution >= 0.6 is 27.3 Å². The number of aliphatic imine (C=N–C) groups is 1. The van der Waals surface area contributed by atoms with Gasteiger partial charge in [0.15, 0.2) is 10.8 Å². The van der Waals surface area contributed by atoms with Crippen LogP contribution in [0.2, 0.25) is 0 Å². The number of amidine groups is 1. The molecule has 2 N–H and O–H groups in total. The molecular formula is C26H29BrF3N5O4S. The molecule has 0 bridgehead atoms. The number of aromatic nitrogens is 1. The van der Waals surface area contributed by atoms with Crippen LogP contribution in [-0.2, 0) is 14.3 Å². The van der Waals surface area contributed by atoms with Crippen LogP contribution in [-0.4, -0.2) is 90.0 Å². The summed E-state index contributed by atoms with van der Waals surface area (Å²) in [5, 5.41) is 14.4. The number of carboxylic acid groups (broad SMARTS) is 1. The molecule has 0 radical (unpaired) electrons. The SMILES string of the molecule is CCOC(=O)C1=C(CN2CCC(CN(C)CC(=O)O)C(F)(F)C2)NC(c2nccs2)=N[C@H]1c1ccc(F)cc1Br. The Bertz CT molecular complexity index is 1310. The van der Waals surface area contributed by atoms with E-state index in [1.807, 2.05) is 0 Å². The van der Waals surface area contributed by atoms with E-state index < -0.39 is 42.2 Å². The standard InChI is InChI=1S/C26H29BrF3N5O4S/c1-3-39-25(38)21-19(12-35-8-6-15(26(29,30)14-35)11-34(2)13-20(36)37)32-23(24-31-7-9-40-24)33-22(21)17-5-4-16(28)10-18(17)27/h4-5,7,9-10,15,22H,3,6,8,11-14H2,1-2H3,(H,32,33)(H,36,37)/t15?,22-/m0/s1. The molecule has 1 unspecified atom stereocenters. The monoisotopic (exact) mass is 643 g/mol. The predicted octanol–water partition coefficient (Wildman–Crippen LogP) is 3.93. The summed E-state index contributed by atoms with van der Waals surface area (Å²) in [6.07, 6.45) is 1.74. The highest BCUT2D eigenvalue weighted by Crippen LogP contribution is 2.38. The molecule has 2 aromatic rings. The molecule has 3 heterocycles. The van der Waals surface area contributed by atoms with Gasteiger partial charge in [0.05, 0.1) is 25.3 Å². The zero-order valence-corrected chi connectivity index (χ0v) is 24.3. The molecule has 4 rings (SSSR count). The molecule has 0 amide bonds. The van der Waals surface area contributed by atoms with Gasteiger partial charge in [-0.1, -0.05) is 22.0 Å². The van der Waals surface area contributed by atoms with Crippen molar-refractivity contribution >= 4 is 45.0 Å². The third-order valence-corrected chi connectivity index (χ3v) is 8.12. The van der Waals surface area contributed by atoms with Crippen molar-refractivity contribution in [2.24, 2.45) is 10.9 Å². The van der Waals surface area contributed by atoms with Gasteiger partial charge >= 0.3 is 11.9 Å². The minimum Gasteiger partial charge on any atom is -0.480 e. The van der Waals surface area contributed by atoms with Gasteiger partial charge < -0.3 is 15.2 Å². The van der Waals surface area contributed by atoms with Crippen molar-refractivity contribution in [1.29, 1.82) is 0 Å². The number of piperidine rings is 1. The summed E-state index contributed by atoms with van der Waals surface area (Å²) in [6, 6.07) is 3.13. The van der Waals surface area contributed by atoms with Crippen LogP contribution in [0.5, 0.6) is 0 Å². The number of likely N-dealkylation sites (N-methyl/N-ethyl adjacent to an activating group) is 1. The highest BCUT2D eigenvalue weighted by molar-refractivity contribution is 9.10. The first-order valence-electron chi connectivity index (χ1n) is 12.6. The molecule has 2 atom stereocenters. The Balaban J connectivity index is 1.67. The summed E-state index contributed by atoms with van der Waals surface area (Å²) in [7, 11) is 1.51. The van der Waals surface area contributed by atoms with Gasteiger partial charge in [-0.3, -0.25) is 19.6 Å². The number of carboxylic acids is 1. The Morgan fingerprint density at radius 2 is 2.15 bits per heavy atom. The van der Waals surface area contributed by atoms with Crippen molar-refractivity contribution in [3.05, 3.63) is 61.9 Å². The highest BCUT2D eigenvalue weighted by Gasteiger charge is 2.45. The van der Waals surface area contributed by atoms with E-state index in [0.29, 0.717) is 33.1 Å². The van der Waals surface area contributed by atoms with Crippen molar-refractivity contribution in [3.8, 4) is 0 Å². The number of rotatable bonds is 10. The average Bonchev–Trinajstić information content (AvgIpc) is 3.40. The number of benzene rings is 1. The van der Waals surface area contributed by atoms with Crippen LogP contribution in [0, 0.1) is 11.7 Å². The molecule has 2 aliphatic rings. The zero-order valence-electron chi connectivity index (χ0n) is 21.9. The maximum Gasteiger partial charge on any atom is 0.338 e. The number of hydrogen-bond donors (Lipinski definition) is 2. The van der Waals surface area contributed by atoms with E-state index in [9.17, 15) is 14.0 Å². The fraction of sp³-hybridized carbons (Fsp3) is 0.462.